The van der Waals surface area contributed by atoms with Gasteiger partial charge in [0.2, 0.25) is 0 Å². The summed E-state index contributed by atoms with van der Waals surface area (Å²) in [4.78, 5) is 23.7. The summed E-state index contributed by atoms with van der Waals surface area (Å²) in [6.45, 7) is -0.442. The minimum Gasteiger partial charge on any atom is -0.388 e. The average molecular weight is 438 g/mol. The number of esters is 2. The molecule has 1 unspecified atom stereocenters. The van der Waals surface area contributed by atoms with Gasteiger partial charge in [0.1, 0.15) is 30.4 Å². The second-order valence-corrected chi connectivity index (χ2v) is 6.92. The summed E-state index contributed by atoms with van der Waals surface area (Å²) >= 11 is 3.84. The molecule has 154 valence electrons. The van der Waals surface area contributed by atoms with Gasteiger partial charge in [-0.05, 0) is 6.07 Å². The standard InChI is InChI=1S/C14H17N2O10PS/c15-8(6-28)14(20)25-13(19)7-2-1-3-16(4-7)12-11(18)10(17)9(24-12)5-23-27(22)26-21/h1-4,8-12,17-18H,5-6,15H2/p+2/t8-,9+,10+,11+,12+/m0/s1. The second kappa shape index (κ2) is 10.3. The van der Waals surface area contributed by atoms with Crippen molar-refractivity contribution in [3.8, 4) is 0 Å². The molecule has 2 rings (SSSR count). The zero-order valence-electron chi connectivity index (χ0n) is 14.2. The Kier molecular flexibility index (Phi) is 8.37. The van der Waals surface area contributed by atoms with E-state index >= 15 is 0 Å². The Morgan fingerprint density at radius 1 is 1.39 bits per heavy atom. The van der Waals surface area contributed by atoms with Gasteiger partial charge in [0.05, 0.1) is 4.67 Å². The smallest absolute Gasteiger partial charge is 0.388 e. The first-order valence-electron chi connectivity index (χ1n) is 7.85. The lowest BCUT2D eigenvalue weighted by molar-refractivity contribution is -0.765. The Labute approximate surface area is 165 Å². The molecule has 0 radical (unpaired) electrons. The minimum atomic E-state index is -2.81. The van der Waals surface area contributed by atoms with Crippen LogP contribution in [0.15, 0.2) is 24.5 Å². The Bertz CT molecular complexity index is 738. The van der Waals surface area contributed by atoms with Crippen LogP contribution in [0.4, 0.5) is 0 Å². The highest BCUT2D eigenvalue weighted by atomic mass is 32.1. The molecule has 1 aliphatic heterocycles. The molecule has 14 heteroatoms. The van der Waals surface area contributed by atoms with Crippen molar-refractivity contribution < 1.29 is 52.9 Å². The summed E-state index contributed by atoms with van der Waals surface area (Å²) in [5.74, 6) is -1.92. The van der Waals surface area contributed by atoms with Gasteiger partial charge in [-0.25, -0.2) is 14.8 Å². The molecule has 0 saturated carbocycles. The van der Waals surface area contributed by atoms with Crippen LogP contribution in [-0.2, 0) is 28.0 Å². The van der Waals surface area contributed by atoms with Crippen molar-refractivity contribution in [3.63, 3.8) is 0 Å². The number of carbonyl (C=O) groups excluding carboxylic acids is 2. The summed E-state index contributed by atoms with van der Waals surface area (Å²) in [6.07, 6.45) is -2.36. The van der Waals surface area contributed by atoms with Crippen LogP contribution in [0.25, 0.3) is 0 Å². The molecule has 1 aromatic heterocycles. The van der Waals surface area contributed by atoms with Gasteiger partial charge < -0.3 is 25.4 Å². The van der Waals surface area contributed by atoms with Gasteiger partial charge in [0.15, 0.2) is 18.5 Å². The molecule has 0 aliphatic carbocycles. The number of pyridine rings is 1. The minimum absolute atomic E-state index is 0.00275. The molecular weight excluding hydrogens is 419 g/mol. The molecule has 6 atom stereocenters. The number of nitrogens with zero attached hydrogens (tertiary/aromatic N) is 1. The van der Waals surface area contributed by atoms with Gasteiger partial charge >= 0.3 is 20.2 Å². The third kappa shape index (κ3) is 5.50. The fourth-order valence-electron chi connectivity index (χ4n) is 2.34. The molecule has 0 bridgehead atoms. The number of hydrogen-bond donors (Lipinski definition) is 5. The predicted octanol–water partition coefficient (Wildman–Crippen LogP) is -1.30. The number of carbonyl (C=O) groups is 2. The normalized spacial score (nSPS) is 26.0. The van der Waals surface area contributed by atoms with Crippen molar-refractivity contribution >= 4 is 32.8 Å². The van der Waals surface area contributed by atoms with Crippen molar-refractivity contribution in [3.05, 3.63) is 30.1 Å². The predicted molar refractivity (Wildman–Crippen MR) is 92.1 cm³/mol. The van der Waals surface area contributed by atoms with Crippen molar-refractivity contribution in [2.45, 2.75) is 30.6 Å². The first kappa shape index (κ1) is 22.7. The maximum Gasteiger partial charge on any atom is 0.728 e. The number of rotatable bonds is 8. The lowest BCUT2D eigenvalue weighted by Gasteiger charge is -2.10. The molecule has 1 aliphatic rings. The number of aliphatic hydroxyl groups excluding tert-OH is 2. The number of aromatic nitrogens is 1. The largest absolute Gasteiger partial charge is 0.728 e. The van der Waals surface area contributed by atoms with Crippen LogP contribution >= 0.6 is 20.9 Å². The number of nitrogens with two attached hydrogens (primary N) is 1. The summed E-state index contributed by atoms with van der Waals surface area (Å²) in [6, 6.07) is 1.73. The molecule has 1 saturated heterocycles. The number of hydrogen-bond acceptors (Lipinski definition) is 12. The third-order valence-corrected chi connectivity index (χ3v) is 4.68. The van der Waals surface area contributed by atoms with E-state index < -0.39 is 57.4 Å². The Morgan fingerprint density at radius 3 is 2.75 bits per heavy atom. The van der Waals surface area contributed by atoms with Crippen molar-refractivity contribution in [1.29, 1.82) is 0 Å². The maximum atomic E-state index is 12.1. The third-order valence-electron chi connectivity index (χ3n) is 3.79. The molecule has 1 fully saturated rings. The van der Waals surface area contributed by atoms with Crippen molar-refractivity contribution in [1.82, 2.24) is 0 Å². The van der Waals surface area contributed by atoms with Gasteiger partial charge in [-0.1, -0.05) is 0 Å². The molecule has 5 N–H and O–H groups in total. The van der Waals surface area contributed by atoms with Crippen LogP contribution in [-0.4, -0.2) is 64.1 Å². The monoisotopic (exact) mass is 438 g/mol. The summed E-state index contributed by atoms with van der Waals surface area (Å²) in [5, 5.41) is 28.4. The van der Waals surface area contributed by atoms with E-state index in [-0.39, 0.29) is 11.3 Å². The van der Waals surface area contributed by atoms with E-state index in [2.05, 4.69) is 26.6 Å². The molecule has 1 aromatic rings. The van der Waals surface area contributed by atoms with E-state index in [0.29, 0.717) is 0 Å². The van der Waals surface area contributed by atoms with E-state index in [1.807, 2.05) is 0 Å². The summed E-state index contributed by atoms with van der Waals surface area (Å²) < 4.78 is 30.4. The first-order chi connectivity index (χ1) is 13.3. The number of thiol groups is 1. The van der Waals surface area contributed by atoms with Crippen LogP contribution in [0, 0.1) is 0 Å². The van der Waals surface area contributed by atoms with Crippen molar-refractivity contribution in [2.75, 3.05) is 12.4 Å². The SMILES string of the molecule is N[C@@H](CS)C(=O)OC(=O)c1ccc[n+]([C@@H]2O[C@H](CO[P+](=O)OO)[C@@H](O)[C@H]2O)c1. The summed E-state index contributed by atoms with van der Waals surface area (Å²) in [7, 11) is -2.81. The lowest BCUT2D eigenvalue weighted by Crippen LogP contribution is -2.46. The molecule has 2 heterocycles. The van der Waals surface area contributed by atoms with Crippen LogP contribution in [0.3, 0.4) is 0 Å². The molecule has 0 spiro atoms. The zero-order chi connectivity index (χ0) is 20.8. The topological polar surface area (TPSA) is 179 Å². The van der Waals surface area contributed by atoms with Gasteiger partial charge in [-0.15, -0.1) is 4.52 Å². The lowest BCUT2D eigenvalue weighted by atomic mass is 10.1. The van der Waals surface area contributed by atoms with Gasteiger partial charge in [-0.2, -0.15) is 17.2 Å². The number of aliphatic hydroxyl groups is 2. The van der Waals surface area contributed by atoms with E-state index in [1.54, 1.807) is 0 Å². The fraction of sp³-hybridized carbons (Fsp3) is 0.500. The second-order valence-electron chi connectivity index (χ2n) is 5.68. The molecule has 28 heavy (non-hydrogen) atoms. The quantitative estimate of drug-likeness (QED) is 0.0619. The van der Waals surface area contributed by atoms with Gasteiger partial charge in [0, 0.05) is 16.4 Å². The Balaban J connectivity index is 2.09. The van der Waals surface area contributed by atoms with E-state index in [9.17, 15) is 24.4 Å². The average Bonchev–Trinajstić information content (AvgIpc) is 2.99. The highest BCUT2D eigenvalue weighted by Crippen LogP contribution is 2.29. The van der Waals surface area contributed by atoms with Gasteiger partial charge in [-0.3, -0.25) is 0 Å². The molecular formula is C14H19N2O10PS+2. The van der Waals surface area contributed by atoms with Crippen LogP contribution in [0.5, 0.6) is 0 Å². The van der Waals surface area contributed by atoms with Crippen molar-refractivity contribution in [2.24, 2.45) is 5.73 Å². The van der Waals surface area contributed by atoms with E-state index in [0.717, 1.165) is 0 Å². The maximum absolute atomic E-state index is 12.1. The number of ether oxygens (including phenoxy) is 2. The first-order valence-corrected chi connectivity index (χ1v) is 9.57. The highest BCUT2D eigenvalue weighted by Gasteiger charge is 2.49. The highest BCUT2D eigenvalue weighted by molar-refractivity contribution is 7.80. The Morgan fingerprint density at radius 2 is 2.11 bits per heavy atom. The molecule has 0 aromatic carbocycles. The zero-order valence-corrected chi connectivity index (χ0v) is 16.0. The fourth-order valence-corrected chi connectivity index (χ4v) is 2.81. The summed E-state index contributed by atoms with van der Waals surface area (Å²) in [5.41, 5.74) is 5.40. The van der Waals surface area contributed by atoms with Crippen LogP contribution in [0.1, 0.15) is 16.6 Å². The Hall–Kier alpha value is -1.54. The van der Waals surface area contributed by atoms with E-state index in [1.165, 1.54) is 29.1 Å². The van der Waals surface area contributed by atoms with Gasteiger partial charge in [0.25, 0.3) is 6.23 Å². The molecule has 0 amide bonds. The molecule has 12 nitrogen and oxygen atoms in total. The van der Waals surface area contributed by atoms with Crippen LogP contribution < -0.4 is 10.3 Å². The van der Waals surface area contributed by atoms with Crippen LogP contribution in [0.2, 0.25) is 0 Å². The van der Waals surface area contributed by atoms with E-state index in [4.69, 9.17) is 15.7 Å².